The van der Waals surface area contributed by atoms with Crippen molar-refractivity contribution in [3.8, 4) is 0 Å². The van der Waals surface area contributed by atoms with Crippen molar-refractivity contribution < 1.29 is 9.18 Å². The molecule has 3 rings (SSSR count). The van der Waals surface area contributed by atoms with Crippen LogP contribution >= 0.6 is 0 Å². The summed E-state index contributed by atoms with van der Waals surface area (Å²) in [6, 6.07) is 8.99. The number of hydrogen-bond acceptors (Lipinski definition) is 5. The summed E-state index contributed by atoms with van der Waals surface area (Å²) in [5.41, 5.74) is 10.3. The number of amides is 1. The molecule has 1 saturated heterocycles. The van der Waals surface area contributed by atoms with Gasteiger partial charge in [-0.05, 0) is 29.3 Å². The zero-order chi connectivity index (χ0) is 15.4. The van der Waals surface area contributed by atoms with Gasteiger partial charge < -0.3 is 5.32 Å². The van der Waals surface area contributed by atoms with E-state index in [1.165, 1.54) is 12.1 Å². The number of aromatic nitrogens is 1. The summed E-state index contributed by atoms with van der Waals surface area (Å²) in [4.78, 5) is 16.3. The van der Waals surface area contributed by atoms with E-state index in [-0.39, 0.29) is 17.8 Å². The van der Waals surface area contributed by atoms with E-state index in [0.29, 0.717) is 6.54 Å². The van der Waals surface area contributed by atoms with Gasteiger partial charge in [-0.25, -0.2) is 15.2 Å². The van der Waals surface area contributed by atoms with Crippen LogP contribution in [0.1, 0.15) is 17.2 Å². The van der Waals surface area contributed by atoms with Crippen LogP contribution in [0.25, 0.3) is 0 Å². The molecule has 2 heterocycles. The molecule has 1 aliphatic rings. The van der Waals surface area contributed by atoms with Crippen molar-refractivity contribution in [3.63, 3.8) is 0 Å². The summed E-state index contributed by atoms with van der Waals surface area (Å²) in [6.07, 6.45) is 3.39. The summed E-state index contributed by atoms with van der Waals surface area (Å²) in [6.45, 7) is 0.404. The second-order valence-corrected chi connectivity index (χ2v) is 5.00. The molecule has 7 heteroatoms. The molecule has 1 aromatic carbocycles. The lowest BCUT2D eigenvalue weighted by Crippen LogP contribution is -2.44. The number of pyridine rings is 1. The van der Waals surface area contributed by atoms with Gasteiger partial charge in [0.1, 0.15) is 11.9 Å². The van der Waals surface area contributed by atoms with Gasteiger partial charge in [-0.3, -0.25) is 9.78 Å². The minimum Gasteiger partial charge on any atom is -0.351 e. The van der Waals surface area contributed by atoms with Crippen LogP contribution < -0.4 is 21.7 Å². The second kappa shape index (κ2) is 6.61. The third-order valence-corrected chi connectivity index (χ3v) is 3.49. The number of rotatable bonds is 4. The minimum absolute atomic E-state index is 0.157. The van der Waals surface area contributed by atoms with Crippen LogP contribution in [0.2, 0.25) is 0 Å². The number of hydrazine groups is 2. The maximum absolute atomic E-state index is 13.0. The maximum Gasteiger partial charge on any atom is 0.240 e. The summed E-state index contributed by atoms with van der Waals surface area (Å²) >= 11 is 0. The Balaban J connectivity index is 1.65. The highest BCUT2D eigenvalue weighted by Crippen LogP contribution is 2.19. The number of halogens is 1. The van der Waals surface area contributed by atoms with Gasteiger partial charge in [-0.2, -0.15) is 5.53 Å². The lowest BCUT2D eigenvalue weighted by atomic mass is 10.00. The van der Waals surface area contributed by atoms with Gasteiger partial charge in [0, 0.05) is 18.9 Å². The molecule has 6 nitrogen and oxygen atoms in total. The van der Waals surface area contributed by atoms with Crippen molar-refractivity contribution >= 4 is 5.91 Å². The largest absolute Gasteiger partial charge is 0.351 e. The Kier molecular flexibility index (Phi) is 4.38. The van der Waals surface area contributed by atoms with Crippen LogP contribution in [-0.4, -0.2) is 16.9 Å². The molecule has 1 fully saturated rings. The number of nitrogens with one attached hydrogen (secondary N) is 4. The Morgan fingerprint density at radius 3 is 2.77 bits per heavy atom. The molecule has 1 amide bonds. The molecule has 2 atom stereocenters. The van der Waals surface area contributed by atoms with Gasteiger partial charge in [0.2, 0.25) is 5.91 Å². The first-order valence-corrected chi connectivity index (χ1v) is 6.92. The predicted octanol–water partition coefficient (Wildman–Crippen LogP) is 0.559. The third-order valence-electron chi connectivity index (χ3n) is 3.49. The molecule has 114 valence electrons. The SMILES string of the molecule is O=C(NCc1cccnc1)C1NNNC1c1ccc(F)cc1. The van der Waals surface area contributed by atoms with E-state index in [4.69, 9.17) is 0 Å². The van der Waals surface area contributed by atoms with E-state index in [1.807, 2.05) is 12.1 Å². The first kappa shape index (κ1) is 14.6. The summed E-state index contributed by atoms with van der Waals surface area (Å²) in [5, 5.41) is 2.86. The number of carbonyl (C=O) groups is 1. The molecule has 0 saturated carbocycles. The standard InChI is InChI=1S/C15H16FN5O/c16-12-5-3-11(4-6-12)13-14(20-21-19-13)15(22)18-9-10-2-1-7-17-8-10/h1-8,13-14,19-21H,9H2,(H,18,22). The number of hydrogen-bond donors (Lipinski definition) is 4. The molecular weight excluding hydrogens is 285 g/mol. The zero-order valence-corrected chi connectivity index (χ0v) is 11.7. The zero-order valence-electron chi connectivity index (χ0n) is 11.7. The summed E-state index contributed by atoms with van der Waals surface area (Å²) < 4.78 is 13.0. The molecule has 22 heavy (non-hydrogen) atoms. The molecule has 0 bridgehead atoms. The molecule has 2 unspecified atom stereocenters. The van der Waals surface area contributed by atoms with E-state index in [1.54, 1.807) is 24.5 Å². The maximum atomic E-state index is 13.0. The average Bonchev–Trinajstić information content (AvgIpc) is 3.04. The molecule has 0 aliphatic carbocycles. The Hall–Kier alpha value is -2.35. The van der Waals surface area contributed by atoms with Crippen LogP contribution in [0, 0.1) is 5.82 Å². The predicted molar refractivity (Wildman–Crippen MR) is 78.4 cm³/mol. The summed E-state index contributed by atoms with van der Waals surface area (Å²) in [5.74, 6) is -0.462. The molecule has 2 aromatic rings. The quantitative estimate of drug-likeness (QED) is 0.664. The molecular formula is C15H16FN5O. The van der Waals surface area contributed by atoms with Crippen molar-refractivity contribution in [1.29, 1.82) is 0 Å². The van der Waals surface area contributed by atoms with Gasteiger partial charge in [0.15, 0.2) is 0 Å². The van der Waals surface area contributed by atoms with Crippen LogP contribution in [0.5, 0.6) is 0 Å². The molecule has 1 aromatic heterocycles. The highest BCUT2D eigenvalue weighted by atomic mass is 19.1. The van der Waals surface area contributed by atoms with E-state index >= 15 is 0 Å². The van der Waals surface area contributed by atoms with Crippen molar-refractivity contribution in [3.05, 3.63) is 65.7 Å². The lowest BCUT2D eigenvalue weighted by molar-refractivity contribution is -0.123. The van der Waals surface area contributed by atoms with E-state index in [9.17, 15) is 9.18 Å². The van der Waals surface area contributed by atoms with Crippen molar-refractivity contribution in [2.45, 2.75) is 18.6 Å². The number of carbonyl (C=O) groups excluding carboxylic acids is 1. The van der Waals surface area contributed by atoms with Gasteiger partial charge in [0.05, 0.1) is 6.04 Å². The van der Waals surface area contributed by atoms with Crippen molar-refractivity contribution in [2.24, 2.45) is 0 Å². The van der Waals surface area contributed by atoms with E-state index < -0.39 is 6.04 Å². The Labute approximate surface area is 127 Å². The first-order valence-electron chi connectivity index (χ1n) is 6.92. The fraction of sp³-hybridized carbons (Fsp3) is 0.200. The Bertz CT molecular complexity index is 634. The minimum atomic E-state index is -0.498. The lowest BCUT2D eigenvalue weighted by Gasteiger charge is -2.18. The van der Waals surface area contributed by atoms with E-state index in [2.05, 4.69) is 26.7 Å². The van der Waals surface area contributed by atoms with Gasteiger partial charge in [-0.1, -0.05) is 18.2 Å². The van der Waals surface area contributed by atoms with Gasteiger partial charge >= 0.3 is 0 Å². The fourth-order valence-corrected chi connectivity index (χ4v) is 2.33. The Morgan fingerprint density at radius 1 is 1.23 bits per heavy atom. The van der Waals surface area contributed by atoms with Gasteiger partial charge in [-0.15, -0.1) is 0 Å². The first-order chi connectivity index (χ1) is 10.7. The molecule has 0 radical (unpaired) electrons. The van der Waals surface area contributed by atoms with Crippen LogP contribution in [0.3, 0.4) is 0 Å². The normalized spacial score (nSPS) is 20.8. The average molecular weight is 301 g/mol. The van der Waals surface area contributed by atoms with Crippen LogP contribution in [0.4, 0.5) is 4.39 Å². The Morgan fingerprint density at radius 2 is 2.05 bits per heavy atom. The summed E-state index contributed by atoms with van der Waals surface area (Å²) in [7, 11) is 0. The second-order valence-electron chi connectivity index (χ2n) is 5.00. The monoisotopic (exact) mass is 301 g/mol. The molecule has 4 N–H and O–H groups in total. The highest BCUT2D eigenvalue weighted by molar-refractivity contribution is 5.83. The van der Waals surface area contributed by atoms with Crippen molar-refractivity contribution in [2.75, 3.05) is 0 Å². The molecule has 1 aliphatic heterocycles. The smallest absolute Gasteiger partial charge is 0.240 e. The fourth-order valence-electron chi connectivity index (χ4n) is 2.33. The van der Waals surface area contributed by atoms with Crippen LogP contribution in [0.15, 0.2) is 48.8 Å². The van der Waals surface area contributed by atoms with Gasteiger partial charge in [0.25, 0.3) is 0 Å². The topological polar surface area (TPSA) is 78.1 Å². The highest BCUT2D eigenvalue weighted by Gasteiger charge is 2.33. The third kappa shape index (κ3) is 3.28. The van der Waals surface area contributed by atoms with E-state index in [0.717, 1.165) is 11.1 Å². The van der Waals surface area contributed by atoms with Crippen molar-refractivity contribution in [1.82, 2.24) is 26.7 Å². The molecule has 0 spiro atoms. The number of nitrogens with zero attached hydrogens (tertiary/aromatic N) is 1. The van der Waals surface area contributed by atoms with Crippen LogP contribution in [-0.2, 0) is 11.3 Å². The number of benzene rings is 1.